The van der Waals surface area contributed by atoms with Crippen molar-refractivity contribution < 1.29 is 9.59 Å². The first-order valence-electron chi connectivity index (χ1n) is 7.18. The Labute approximate surface area is 129 Å². The van der Waals surface area contributed by atoms with Crippen LogP contribution in [0.15, 0.2) is 24.3 Å². The van der Waals surface area contributed by atoms with Gasteiger partial charge in [-0.2, -0.15) is 11.8 Å². The van der Waals surface area contributed by atoms with E-state index in [1.165, 1.54) is 0 Å². The second-order valence-electron chi connectivity index (χ2n) is 4.96. The fraction of sp³-hybridized carbons (Fsp3) is 0.467. The highest BCUT2D eigenvalue weighted by Gasteiger charge is 2.16. The third-order valence-corrected chi connectivity index (χ3v) is 4.31. The summed E-state index contributed by atoms with van der Waals surface area (Å²) in [6, 6.07) is 7.46. The maximum Gasteiger partial charge on any atom is 0.225 e. The van der Waals surface area contributed by atoms with Crippen molar-refractivity contribution >= 4 is 35.0 Å². The summed E-state index contributed by atoms with van der Waals surface area (Å²) in [5, 5.41) is 9.00. The molecule has 1 heterocycles. The zero-order valence-corrected chi connectivity index (χ0v) is 13.0. The molecule has 2 rings (SSSR count). The highest BCUT2D eigenvalue weighted by molar-refractivity contribution is 7.99. The Morgan fingerprint density at radius 3 is 2.62 bits per heavy atom. The normalized spacial score (nSPS) is 18.0. The molecule has 0 saturated carbocycles. The van der Waals surface area contributed by atoms with Crippen molar-refractivity contribution in [1.82, 2.24) is 5.32 Å². The predicted octanol–water partition coefficient (Wildman–Crippen LogP) is 2.07. The van der Waals surface area contributed by atoms with Gasteiger partial charge in [0.1, 0.15) is 0 Å². The average molecular weight is 307 g/mol. The molecule has 1 atom stereocenters. The van der Waals surface area contributed by atoms with Gasteiger partial charge in [-0.05, 0) is 18.2 Å². The molecule has 0 aliphatic carbocycles. The molecular weight excluding hydrogens is 286 g/mol. The van der Waals surface area contributed by atoms with Gasteiger partial charge in [0, 0.05) is 48.3 Å². The Hall–Kier alpha value is -1.53. The van der Waals surface area contributed by atoms with Gasteiger partial charge < -0.3 is 16.0 Å². The molecular formula is C15H21N3O2S. The largest absolute Gasteiger partial charge is 0.326 e. The summed E-state index contributed by atoms with van der Waals surface area (Å²) in [7, 11) is 0. The molecule has 2 amide bonds. The summed E-state index contributed by atoms with van der Waals surface area (Å²) in [4.78, 5) is 23.4. The van der Waals surface area contributed by atoms with Gasteiger partial charge in [0.05, 0.1) is 0 Å². The van der Waals surface area contributed by atoms with E-state index in [1.54, 1.807) is 13.0 Å². The van der Waals surface area contributed by atoms with E-state index in [4.69, 9.17) is 0 Å². The molecule has 0 spiro atoms. The van der Waals surface area contributed by atoms with Crippen LogP contribution in [0.2, 0.25) is 0 Å². The van der Waals surface area contributed by atoms with Crippen molar-refractivity contribution in [3.63, 3.8) is 0 Å². The second-order valence-corrected chi connectivity index (χ2v) is 6.11. The molecule has 0 aromatic heterocycles. The van der Waals surface area contributed by atoms with Crippen LogP contribution in [-0.4, -0.2) is 35.9 Å². The number of anilines is 2. The number of thioether (sulfide) groups is 1. The van der Waals surface area contributed by atoms with Crippen LogP contribution in [0.25, 0.3) is 0 Å². The Kier molecular flexibility index (Phi) is 6.07. The summed E-state index contributed by atoms with van der Waals surface area (Å²) in [5.74, 6) is 2.04. The van der Waals surface area contributed by atoms with Gasteiger partial charge in [-0.25, -0.2) is 0 Å². The number of benzene rings is 1. The van der Waals surface area contributed by atoms with Crippen molar-refractivity contribution in [2.45, 2.75) is 25.8 Å². The number of nitrogens with one attached hydrogen (secondary N) is 3. The van der Waals surface area contributed by atoms with Gasteiger partial charge in [0.15, 0.2) is 0 Å². The minimum atomic E-state index is -0.0399. The first kappa shape index (κ1) is 15.9. The van der Waals surface area contributed by atoms with Gasteiger partial charge in [-0.3, -0.25) is 9.59 Å². The third-order valence-electron chi connectivity index (χ3n) is 3.18. The lowest BCUT2D eigenvalue weighted by molar-refractivity contribution is -0.117. The Morgan fingerprint density at radius 1 is 1.29 bits per heavy atom. The third kappa shape index (κ3) is 5.40. The molecule has 0 radical (unpaired) electrons. The lowest BCUT2D eigenvalue weighted by Gasteiger charge is -2.22. The quantitative estimate of drug-likeness (QED) is 0.779. The van der Waals surface area contributed by atoms with E-state index in [-0.39, 0.29) is 17.9 Å². The van der Waals surface area contributed by atoms with E-state index < -0.39 is 0 Å². The van der Waals surface area contributed by atoms with E-state index in [0.717, 1.165) is 18.1 Å². The molecule has 1 aromatic carbocycles. The number of carbonyl (C=O) groups is 2. The fourth-order valence-electron chi connectivity index (χ4n) is 2.11. The average Bonchev–Trinajstić information content (AvgIpc) is 2.48. The molecule has 0 bridgehead atoms. The molecule has 6 heteroatoms. The van der Waals surface area contributed by atoms with Crippen LogP contribution in [-0.2, 0) is 9.59 Å². The van der Waals surface area contributed by atoms with Crippen LogP contribution in [0.5, 0.6) is 0 Å². The van der Waals surface area contributed by atoms with Crippen molar-refractivity contribution in [3.05, 3.63) is 24.3 Å². The Bertz CT molecular complexity index is 501. The second kappa shape index (κ2) is 8.05. The van der Waals surface area contributed by atoms with Crippen molar-refractivity contribution in [3.8, 4) is 0 Å². The van der Waals surface area contributed by atoms with E-state index >= 15 is 0 Å². The topological polar surface area (TPSA) is 70.2 Å². The van der Waals surface area contributed by atoms with E-state index in [0.29, 0.717) is 24.2 Å². The van der Waals surface area contributed by atoms with E-state index in [1.807, 2.05) is 30.0 Å². The summed E-state index contributed by atoms with van der Waals surface area (Å²) < 4.78 is 0. The molecule has 1 aliphatic heterocycles. The Morgan fingerprint density at radius 2 is 2.00 bits per heavy atom. The molecule has 5 nitrogen and oxygen atoms in total. The minimum Gasteiger partial charge on any atom is -0.326 e. The summed E-state index contributed by atoms with van der Waals surface area (Å²) >= 11 is 1.87. The van der Waals surface area contributed by atoms with Crippen molar-refractivity contribution in [1.29, 1.82) is 0 Å². The highest BCUT2D eigenvalue weighted by atomic mass is 32.2. The van der Waals surface area contributed by atoms with Crippen LogP contribution in [0.3, 0.4) is 0 Å². The van der Waals surface area contributed by atoms with Crippen LogP contribution in [0, 0.1) is 0 Å². The summed E-state index contributed by atoms with van der Waals surface area (Å²) in [5.41, 5.74) is 1.41. The standard InChI is InChI=1S/C15H21N3O2S/c1-2-14(19)17-11-4-3-5-12(8-11)18-15(20)9-13-10-21-7-6-16-13/h3-5,8,13,16H,2,6-7,9-10H2,1H3,(H,17,19)(H,18,20). The van der Waals surface area contributed by atoms with Crippen LogP contribution < -0.4 is 16.0 Å². The van der Waals surface area contributed by atoms with E-state index in [9.17, 15) is 9.59 Å². The lowest BCUT2D eigenvalue weighted by atomic mass is 10.2. The van der Waals surface area contributed by atoms with Gasteiger partial charge in [-0.15, -0.1) is 0 Å². The Balaban J connectivity index is 1.87. The maximum atomic E-state index is 12.0. The number of carbonyl (C=O) groups excluding carboxylic acids is 2. The molecule has 1 unspecified atom stereocenters. The highest BCUT2D eigenvalue weighted by Crippen LogP contribution is 2.16. The molecule has 1 saturated heterocycles. The first-order valence-corrected chi connectivity index (χ1v) is 8.33. The first-order chi connectivity index (χ1) is 10.2. The number of rotatable bonds is 5. The lowest BCUT2D eigenvalue weighted by Crippen LogP contribution is -2.39. The monoisotopic (exact) mass is 307 g/mol. The molecule has 1 fully saturated rings. The smallest absolute Gasteiger partial charge is 0.225 e. The zero-order chi connectivity index (χ0) is 15.1. The van der Waals surface area contributed by atoms with Crippen molar-refractivity contribution in [2.24, 2.45) is 0 Å². The molecule has 21 heavy (non-hydrogen) atoms. The number of amides is 2. The van der Waals surface area contributed by atoms with Gasteiger partial charge in [0.25, 0.3) is 0 Å². The van der Waals surface area contributed by atoms with Gasteiger partial charge in [0.2, 0.25) is 11.8 Å². The van der Waals surface area contributed by atoms with Gasteiger partial charge >= 0.3 is 0 Å². The number of hydrogen-bond donors (Lipinski definition) is 3. The van der Waals surface area contributed by atoms with Crippen LogP contribution >= 0.6 is 11.8 Å². The minimum absolute atomic E-state index is 0.00559. The summed E-state index contributed by atoms with van der Waals surface area (Å²) in [6.07, 6.45) is 0.903. The molecule has 1 aliphatic rings. The van der Waals surface area contributed by atoms with Crippen LogP contribution in [0.1, 0.15) is 19.8 Å². The number of hydrogen-bond acceptors (Lipinski definition) is 4. The molecule has 3 N–H and O–H groups in total. The maximum absolute atomic E-state index is 12.0. The fourth-order valence-corrected chi connectivity index (χ4v) is 3.06. The molecule has 1 aromatic rings. The van der Waals surface area contributed by atoms with Crippen LogP contribution in [0.4, 0.5) is 11.4 Å². The van der Waals surface area contributed by atoms with E-state index in [2.05, 4.69) is 16.0 Å². The predicted molar refractivity (Wildman–Crippen MR) is 87.7 cm³/mol. The molecule has 114 valence electrons. The summed E-state index contributed by atoms with van der Waals surface area (Å²) in [6.45, 7) is 2.76. The van der Waals surface area contributed by atoms with Gasteiger partial charge in [-0.1, -0.05) is 13.0 Å². The van der Waals surface area contributed by atoms with Crippen molar-refractivity contribution in [2.75, 3.05) is 28.7 Å². The SMILES string of the molecule is CCC(=O)Nc1cccc(NC(=O)CC2CSCCN2)c1. The zero-order valence-electron chi connectivity index (χ0n) is 12.1.